The van der Waals surface area contributed by atoms with Crippen molar-refractivity contribution in [2.45, 2.75) is 70.7 Å². The molecule has 15 heteroatoms. The van der Waals surface area contributed by atoms with Gasteiger partial charge in [-0.25, -0.2) is 0 Å². The fraction of sp³-hybridized carbons (Fsp3) is 0.667. The third-order valence-electron chi connectivity index (χ3n) is 3.07. The van der Waals surface area contributed by atoms with E-state index in [4.69, 9.17) is 40.9 Å². The van der Waals surface area contributed by atoms with E-state index in [2.05, 4.69) is 4.74 Å². The van der Waals surface area contributed by atoms with Gasteiger partial charge in [0, 0.05) is 0 Å². The van der Waals surface area contributed by atoms with Gasteiger partial charge in [0.2, 0.25) is 0 Å². The summed E-state index contributed by atoms with van der Waals surface area (Å²) >= 11 is 0. The lowest BCUT2D eigenvalue weighted by Gasteiger charge is -2.37. The molecule has 1 saturated heterocycles. The fourth-order valence-electron chi connectivity index (χ4n) is 1.72. The third-order valence-corrected chi connectivity index (χ3v) is 3.07. The molecule has 0 saturated carbocycles. The van der Waals surface area contributed by atoms with Gasteiger partial charge in [-0.3, -0.25) is 28.8 Å². The lowest BCUT2D eigenvalue weighted by Crippen LogP contribution is -2.58. The second kappa shape index (κ2) is 18.7. The molecule has 5 atom stereocenters. The van der Waals surface area contributed by atoms with Crippen molar-refractivity contribution in [2.24, 2.45) is 0 Å². The number of carbonyl (C=O) groups is 6. The molecule has 1 heterocycles. The zero-order valence-electron chi connectivity index (χ0n) is 18.2. The molecule has 1 aliphatic rings. The van der Waals surface area contributed by atoms with Crippen LogP contribution in [-0.2, 0) is 33.5 Å². The number of hydrogen-bond donors (Lipinski definition) is 8. The second-order valence-electron chi connectivity index (χ2n) is 6.54. The number of rotatable bonds is 7. The van der Waals surface area contributed by atoms with Crippen LogP contribution >= 0.6 is 0 Å². The number of Topliss-reactive ketones (excluding diaryl/α,β-unsaturated/α-hetero) is 3. The first-order chi connectivity index (χ1) is 15.0. The molecule has 0 radical (unpaired) electrons. The van der Waals surface area contributed by atoms with Gasteiger partial charge in [0.05, 0.1) is 6.61 Å². The van der Waals surface area contributed by atoms with Gasteiger partial charge in [-0.2, -0.15) is 0 Å². The van der Waals surface area contributed by atoms with Crippen molar-refractivity contribution in [3.8, 4) is 0 Å². The first-order valence-electron chi connectivity index (χ1n) is 9.08. The molecular weight excluding hydrogens is 456 g/mol. The van der Waals surface area contributed by atoms with Crippen molar-refractivity contribution < 1.29 is 74.4 Å². The van der Waals surface area contributed by atoms with E-state index in [1.165, 1.54) is 20.8 Å². The summed E-state index contributed by atoms with van der Waals surface area (Å²) in [6, 6.07) is 0. The number of carbonyl (C=O) groups excluding carboxylic acids is 3. The van der Waals surface area contributed by atoms with Gasteiger partial charge < -0.3 is 45.6 Å². The molecule has 1 rings (SSSR count). The summed E-state index contributed by atoms with van der Waals surface area (Å²) < 4.78 is 4.58. The van der Waals surface area contributed by atoms with Gasteiger partial charge in [0.15, 0.2) is 6.29 Å². The predicted octanol–water partition coefficient (Wildman–Crippen LogP) is -3.07. The molecule has 0 aromatic heterocycles. The molecule has 1 aliphatic heterocycles. The summed E-state index contributed by atoms with van der Waals surface area (Å²) in [4.78, 5) is 58.4. The molecule has 192 valence electrons. The number of aliphatic hydroxyl groups excluding tert-OH is 5. The summed E-state index contributed by atoms with van der Waals surface area (Å²) in [5, 5.41) is 68.2. The zero-order valence-corrected chi connectivity index (χ0v) is 18.2. The Bertz CT molecular complexity index is 557. The van der Waals surface area contributed by atoms with Crippen LogP contribution < -0.4 is 0 Å². The molecule has 0 aliphatic carbocycles. The van der Waals surface area contributed by atoms with Crippen LogP contribution in [0.25, 0.3) is 0 Å². The molecule has 33 heavy (non-hydrogen) atoms. The Morgan fingerprint density at radius 1 is 0.606 bits per heavy atom. The Kier molecular flexibility index (Phi) is 19.7. The Hall–Kier alpha value is -2.82. The van der Waals surface area contributed by atoms with E-state index < -0.39 is 55.2 Å². The third kappa shape index (κ3) is 22.2. The lowest BCUT2D eigenvalue weighted by molar-refractivity contribution is -0.286. The number of hydrogen-bond acceptors (Lipinski definition) is 12. The Balaban J connectivity index is -0.000000379. The van der Waals surface area contributed by atoms with Crippen LogP contribution in [0, 0.1) is 0 Å². The summed E-state index contributed by atoms with van der Waals surface area (Å²) in [7, 11) is 0. The van der Waals surface area contributed by atoms with Crippen molar-refractivity contribution >= 4 is 35.3 Å². The van der Waals surface area contributed by atoms with Crippen LogP contribution in [0.3, 0.4) is 0 Å². The number of carboxylic acid groups (broad SMARTS) is 3. The van der Waals surface area contributed by atoms with Crippen molar-refractivity contribution in [3.63, 3.8) is 0 Å². The Labute approximate surface area is 187 Å². The van der Waals surface area contributed by atoms with Crippen molar-refractivity contribution in [1.29, 1.82) is 0 Å². The first kappa shape index (κ1) is 34.8. The van der Waals surface area contributed by atoms with Gasteiger partial charge in [-0.15, -0.1) is 0 Å². The van der Waals surface area contributed by atoms with E-state index in [9.17, 15) is 28.8 Å². The summed E-state index contributed by atoms with van der Waals surface area (Å²) in [6.07, 6.45) is -8.12. The SMILES string of the molecule is CC(=O)CC(=O)O.CC(=O)CC(=O)O.CC(=O)CC(=O)O.OC[C@H]1O[C@H](O)[C@H](O)[C@@H](O)[C@@H]1O. The van der Waals surface area contributed by atoms with E-state index in [0.717, 1.165) is 0 Å². The standard InChI is InChI=1S/C6H12O6.3C4H6O3/c7-1-2-3(8)4(9)5(10)6(11)12-2;3*1-3(5)2-4(6)7/h2-11H,1H2;3*2H2,1H3,(H,6,7)/t2-,3-,4+,5-,6+;;;/m1.../s1. The van der Waals surface area contributed by atoms with Crippen LogP contribution in [0.4, 0.5) is 0 Å². The summed E-state index contributed by atoms with van der Waals surface area (Å²) in [5.74, 6) is -4.12. The smallest absolute Gasteiger partial charge is 0.310 e. The highest BCUT2D eigenvalue weighted by Crippen LogP contribution is 2.18. The number of aliphatic carboxylic acids is 3. The minimum Gasteiger partial charge on any atom is -0.481 e. The minimum absolute atomic E-state index is 0.312. The van der Waals surface area contributed by atoms with Crippen molar-refractivity contribution in [1.82, 2.24) is 0 Å². The summed E-state index contributed by atoms with van der Waals surface area (Å²) in [5.41, 5.74) is 0. The highest BCUT2D eigenvalue weighted by atomic mass is 16.6. The number of ether oxygens (including phenoxy) is 1. The zero-order chi connectivity index (χ0) is 26.9. The van der Waals surface area contributed by atoms with Crippen LogP contribution in [0.5, 0.6) is 0 Å². The second-order valence-corrected chi connectivity index (χ2v) is 6.54. The van der Waals surface area contributed by atoms with Gasteiger partial charge in [0.1, 0.15) is 61.0 Å². The largest absolute Gasteiger partial charge is 0.481 e. The molecule has 0 amide bonds. The Morgan fingerprint density at radius 3 is 1.09 bits per heavy atom. The van der Waals surface area contributed by atoms with E-state index in [1.807, 2.05) is 0 Å². The molecule has 0 aromatic rings. The Morgan fingerprint density at radius 2 is 0.909 bits per heavy atom. The molecule has 15 nitrogen and oxygen atoms in total. The highest BCUT2D eigenvalue weighted by Gasteiger charge is 2.42. The van der Waals surface area contributed by atoms with Crippen LogP contribution in [-0.4, -0.2) is 113 Å². The average Bonchev–Trinajstić information content (AvgIpc) is 2.61. The van der Waals surface area contributed by atoms with E-state index in [-0.39, 0.29) is 36.6 Å². The quantitative estimate of drug-likeness (QED) is 0.166. The predicted molar refractivity (Wildman–Crippen MR) is 105 cm³/mol. The maximum atomic E-state index is 9.87. The van der Waals surface area contributed by atoms with Crippen molar-refractivity contribution in [3.05, 3.63) is 0 Å². The molecule has 0 spiro atoms. The van der Waals surface area contributed by atoms with E-state index in [0.29, 0.717) is 0 Å². The molecule has 0 bridgehead atoms. The molecular formula is C18H30O15. The average molecular weight is 486 g/mol. The maximum absolute atomic E-state index is 9.87. The molecule has 0 unspecified atom stereocenters. The molecule has 8 N–H and O–H groups in total. The fourth-order valence-corrected chi connectivity index (χ4v) is 1.72. The topological polar surface area (TPSA) is 273 Å². The van der Waals surface area contributed by atoms with Crippen LogP contribution in [0.15, 0.2) is 0 Å². The van der Waals surface area contributed by atoms with Crippen LogP contribution in [0.1, 0.15) is 40.0 Å². The number of aliphatic hydroxyl groups is 5. The maximum Gasteiger partial charge on any atom is 0.310 e. The van der Waals surface area contributed by atoms with Crippen molar-refractivity contribution in [2.75, 3.05) is 6.61 Å². The van der Waals surface area contributed by atoms with E-state index in [1.54, 1.807) is 0 Å². The molecule has 1 fully saturated rings. The van der Waals surface area contributed by atoms with Gasteiger partial charge in [0.25, 0.3) is 0 Å². The first-order valence-corrected chi connectivity index (χ1v) is 9.08. The van der Waals surface area contributed by atoms with E-state index >= 15 is 0 Å². The normalized spacial score (nSPS) is 23.1. The van der Waals surface area contributed by atoms with Crippen LogP contribution in [0.2, 0.25) is 0 Å². The van der Waals surface area contributed by atoms with Gasteiger partial charge in [-0.1, -0.05) is 0 Å². The van der Waals surface area contributed by atoms with Gasteiger partial charge >= 0.3 is 17.9 Å². The van der Waals surface area contributed by atoms with Gasteiger partial charge in [-0.05, 0) is 20.8 Å². The minimum atomic E-state index is -1.57. The number of ketones is 3. The highest BCUT2D eigenvalue weighted by molar-refractivity contribution is 5.93. The number of carboxylic acids is 3. The lowest BCUT2D eigenvalue weighted by atomic mass is 10.00. The summed E-state index contributed by atoms with van der Waals surface area (Å²) in [6.45, 7) is 3.21. The monoisotopic (exact) mass is 486 g/mol. The molecule has 0 aromatic carbocycles.